The van der Waals surface area contributed by atoms with Crippen molar-refractivity contribution in [1.82, 2.24) is 4.90 Å². The molecular formula is C13H23NO2. The molecule has 1 aliphatic carbocycles. The van der Waals surface area contributed by atoms with Crippen molar-refractivity contribution < 1.29 is 9.53 Å². The maximum absolute atomic E-state index is 12.3. The van der Waals surface area contributed by atoms with E-state index in [9.17, 15) is 4.79 Å². The molecule has 0 bridgehead atoms. The Kier molecular flexibility index (Phi) is 4.22. The van der Waals surface area contributed by atoms with E-state index in [2.05, 4.69) is 6.92 Å². The summed E-state index contributed by atoms with van der Waals surface area (Å²) in [4.78, 5) is 14.3. The van der Waals surface area contributed by atoms with Gasteiger partial charge in [-0.2, -0.15) is 0 Å². The van der Waals surface area contributed by atoms with Gasteiger partial charge < -0.3 is 9.64 Å². The maximum Gasteiger partial charge on any atom is 0.225 e. The third kappa shape index (κ3) is 2.76. The van der Waals surface area contributed by atoms with Crippen LogP contribution in [0.2, 0.25) is 0 Å². The molecule has 1 aliphatic heterocycles. The van der Waals surface area contributed by atoms with Crippen molar-refractivity contribution in [3.8, 4) is 0 Å². The Hall–Kier alpha value is -0.570. The van der Waals surface area contributed by atoms with Crippen LogP contribution < -0.4 is 0 Å². The highest BCUT2D eigenvalue weighted by atomic mass is 16.5. The van der Waals surface area contributed by atoms with Gasteiger partial charge >= 0.3 is 0 Å². The number of morpholine rings is 1. The van der Waals surface area contributed by atoms with Crippen LogP contribution in [0.25, 0.3) is 0 Å². The predicted molar refractivity (Wildman–Crippen MR) is 63.1 cm³/mol. The van der Waals surface area contributed by atoms with Crippen molar-refractivity contribution in [1.29, 1.82) is 0 Å². The fourth-order valence-electron chi connectivity index (χ4n) is 2.91. The molecule has 0 radical (unpaired) electrons. The van der Waals surface area contributed by atoms with Gasteiger partial charge in [0.2, 0.25) is 5.91 Å². The van der Waals surface area contributed by atoms with Crippen LogP contribution in [-0.2, 0) is 9.53 Å². The first-order chi connectivity index (χ1) is 7.79. The van der Waals surface area contributed by atoms with E-state index in [0.717, 1.165) is 13.1 Å². The Morgan fingerprint density at radius 3 is 2.44 bits per heavy atom. The van der Waals surface area contributed by atoms with Crippen molar-refractivity contribution in [3.63, 3.8) is 0 Å². The number of rotatable bonds is 2. The summed E-state index contributed by atoms with van der Waals surface area (Å²) < 4.78 is 5.28. The molecule has 1 amide bonds. The lowest BCUT2D eigenvalue weighted by atomic mass is 9.80. The van der Waals surface area contributed by atoms with E-state index in [0.29, 0.717) is 25.0 Å². The van der Waals surface area contributed by atoms with Crippen molar-refractivity contribution in [2.45, 2.75) is 39.0 Å². The molecule has 3 nitrogen and oxygen atoms in total. The van der Waals surface area contributed by atoms with E-state index in [1.54, 1.807) is 0 Å². The zero-order valence-corrected chi connectivity index (χ0v) is 10.3. The Morgan fingerprint density at radius 2 is 1.81 bits per heavy atom. The molecule has 92 valence electrons. The summed E-state index contributed by atoms with van der Waals surface area (Å²) in [5, 5.41) is 0. The fraction of sp³-hybridized carbons (Fsp3) is 0.923. The highest BCUT2D eigenvalue weighted by molar-refractivity contribution is 5.78. The molecule has 0 aromatic carbocycles. The van der Waals surface area contributed by atoms with E-state index in [1.165, 1.54) is 32.1 Å². The molecule has 2 aliphatic rings. The maximum atomic E-state index is 12.3. The van der Waals surface area contributed by atoms with E-state index in [4.69, 9.17) is 4.74 Å². The lowest BCUT2D eigenvalue weighted by molar-refractivity contribution is -0.141. The third-order valence-corrected chi connectivity index (χ3v) is 4.07. The van der Waals surface area contributed by atoms with Gasteiger partial charge in [-0.15, -0.1) is 0 Å². The Balaban J connectivity index is 1.86. The number of hydrogen-bond acceptors (Lipinski definition) is 2. The SMILES string of the molecule is CC(C(=O)N1CCOCC1)C1CCCCC1. The highest BCUT2D eigenvalue weighted by Gasteiger charge is 2.29. The normalized spacial score (nSPS) is 25.4. The molecule has 0 spiro atoms. The number of carbonyl (C=O) groups excluding carboxylic acids is 1. The largest absolute Gasteiger partial charge is 0.378 e. The Morgan fingerprint density at radius 1 is 1.19 bits per heavy atom. The standard InChI is InChI=1S/C13H23NO2/c1-11(12-5-3-2-4-6-12)13(15)14-7-9-16-10-8-14/h11-12H,2-10H2,1H3. The minimum absolute atomic E-state index is 0.221. The minimum atomic E-state index is 0.221. The fourth-order valence-corrected chi connectivity index (χ4v) is 2.91. The van der Waals surface area contributed by atoms with Crippen LogP contribution in [0.1, 0.15) is 39.0 Å². The van der Waals surface area contributed by atoms with Crippen LogP contribution in [0.5, 0.6) is 0 Å². The van der Waals surface area contributed by atoms with E-state index in [-0.39, 0.29) is 5.92 Å². The molecule has 1 heterocycles. The first-order valence-electron chi connectivity index (χ1n) is 6.65. The van der Waals surface area contributed by atoms with Crippen molar-refractivity contribution in [3.05, 3.63) is 0 Å². The summed E-state index contributed by atoms with van der Waals surface area (Å²) in [7, 11) is 0. The van der Waals surface area contributed by atoms with Gasteiger partial charge in [-0.25, -0.2) is 0 Å². The zero-order valence-electron chi connectivity index (χ0n) is 10.3. The monoisotopic (exact) mass is 225 g/mol. The van der Waals surface area contributed by atoms with Gasteiger partial charge in [0, 0.05) is 19.0 Å². The van der Waals surface area contributed by atoms with Crippen molar-refractivity contribution in [2.75, 3.05) is 26.3 Å². The molecular weight excluding hydrogens is 202 g/mol. The summed E-state index contributed by atoms with van der Waals surface area (Å²) in [5.74, 6) is 1.21. The average molecular weight is 225 g/mol. The molecule has 1 atom stereocenters. The van der Waals surface area contributed by atoms with E-state index < -0.39 is 0 Å². The predicted octanol–water partition coefficient (Wildman–Crippen LogP) is 2.06. The number of nitrogens with zero attached hydrogens (tertiary/aromatic N) is 1. The minimum Gasteiger partial charge on any atom is -0.378 e. The van der Waals surface area contributed by atoms with Gasteiger partial charge in [0.1, 0.15) is 0 Å². The Labute approximate surface area is 98.1 Å². The number of hydrogen-bond donors (Lipinski definition) is 0. The third-order valence-electron chi connectivity index (χ3n) is 4.07. The second-order valence-corrected chi connectivity index (χ2v) is 5.12. The molecule has 0 aromatic heterocycles. The zero-order chi connectivity index (χ0) is 11.4. The first kappa shape index (κ1) is 11.9. The van der Waals surface area contributed by atoms with Crippen molar-refractivity contribution >= 4 is 5.91 Å². The molecule has 2 rings (SSSR count). The molecule has 0 aromatic rings. The molecule has 2 fully saturated rings. The van der Waals surface area contributed by atoms with E-state index >= 15 is 0 Å². The van der Waals surface area contributed by atoms with Crippen LogP contribution in [0, 0.1) is 11.8 Å². The first-order valence-corrected chi connectivity index (χ1v) is 6.65. The topological polar surface area (TPSA) is 29.5 Å². The van der Waals surface area contributed by atoms with Gasteiger partial charge in [-0.1, -0.05) is 26.2 Å². The number of amides is 1. The lowest BCUT2D eigenvalue weighted by Crippen LogP contribution is -2.44. The Bertz CT molecular complexity index is 230. The van der Waals surface area contributed by atoms with E-state index in [1.807, 2.05) is 4.90 Å². The molecule has 0 N–H and O–H groups in total. The van der Waals surface area contributed by atoms with Crippen LogP contribution in [0.3, 0.4) is 0 Å². The second-order valence-electron chi connectivity index (χ2n) is 5.12. The van der Waals surface area contributed by atoms with Gasteiger partial charge in [-0.3, -0.25) is 4.79 Å². The molecule has 1 unspecified atom stereocenters. The second kappa shape index (κ2) is 5.67. The summed E-state index contributed by atoms with van der Waals surface area (Å²) in [6.45, 7) is 5.12. The quantitative estimate of drug-likeness (QED) is 0.720. The molecule has 1 saturated carbocycles. The summed E-state index contributed by atoms with van der Waals surface area (Å²) in [5.41, 5.74) is 0. The number of ether oxygens (including phenoxy) is 1. The summed E-state index contributed by atoms with van der Waals surface area (Å²) >= 11 is 0. The summed E-state index contributed by atoms with van der Waals surface area (Å²) in [6, 6.07) is 0. The van der Waals surface area contributed by atoms with Gasteiger partial charge in [0.25, 0.3) is 0 Å². The molecule has 1 saturated heterocycles. The van der Waals surface area contributed by atoms with Gasteiger partial charge in [0.05, 0.1) is 13.2 Å². The average Bonchev–Trinajstić information content (AvgIpc) is 2.39. The van der Waals surface area contributed by atoms with Crippen LogP contribution in [0.4, 0.5) is 0 Å². The van der Waals surface area contributed by atoms with Gasteiger partial charge in [0.15, 0.2) is 0 Å². The van der Waals surface area contributed by atoms with Crippen LogP contribution in [-0.4, -0.2) is 37.1 Å². The van der Waals surface area contributed by atoms with Crippen LogP contribution in [0.15, 0.2) is 0 Å². The molecule has 3 heteroatoms. The van der Waals surface area contributed by atoms with Crippen molar-refractivity contribution in [2.24, 2.45) is 11.8 Å². The smallest absolute Gasteiger partial charge is 0.225 e. The molecule has 16 heavy (non-hydrogen) atoms. The summed E-state index contributed by atoms with van der Waals surface area (Å²) in [6.07, 6.45) is 6.47. The number of carbonyl (C=O) groups is 1. The lowest BCUT2D eigenvalue weighted by Gasteiger charge is -2.33. The van der Waals surface area contributed by atoms with Crippen LogP contribution >= 0.6 is 0 Å². The van der Waals surface area contributed by atoms with Gasteiger partial charge in [-0.05, 0) is 18.8 Å². The highest BCUT2D eigenvalue weighted by Crippen LogP contribution is 2.30.